The lowest BCUT2D eigenvalue weighted by atomic mass is 10.0. The first-order chi connectivity index (χ1) is 14.3. The molecule has 0 aliphatic heterocycles. The Hall–Kier alpha value is -3.01. The normalized spacial score (nSPS) is 12.2. The molecule has 158 valence electrons. The monoisotopic (exact) mass is 429 g/mol. The maximum absolute atomic E-state index is 11.7. The number of amides is 2. The highest BCUT2D eigenvalue weighted by molar-refractivity contribution is 6.32. The van der Waals surface area contributed by atoms with E-state index in [0.717, 1.165) is 22.2 Å². The molecule has 0 saturated carbocycles. The van der Waals surface area contributed by atoms with E-state index in [4.69, 9.17) is 33.8 Å². The van der Waals surface area contributed by atoms with Crippen LogP contribution in [0.15, 0.2) is 30.7 Å². The van der Waals surface area contributed by atoms with E-state index in [1.165, 1.54) is 0 Å². The number of carbonyl (C=O) groups is 2. The van der Waals surface area contributed by atoms with Crippen molar-refractivity contribution >= 4 is 34.3 Å². The molecule has 10 heteroatoms. The molecule has 0 aliphatic carbocycles. The van der Waals surface area contributed by atoms with Gasteiger partial charge in [-0.1, -0.05) is 11.6 Å². The Balaban J connectivity index is 2.08. The highest BCUT2D eigenvalue weighted by Gasteiger charge is 2.19. The zero-order chi connectivity index (χ0) is 21.8. The van der Waals surface area contributed by atoms with Crippen molar-refractivity contribution in [2.45, 2.75) is 25.4 Å². The molecular weight excluding hydrogens is 406 g/mol. The number of primary amides is 2. The third kappa shape index (κ3) is 4.76. The van der Waals surface area contributed by atoms with E-state index in [0.29, 0.717) is 29.2 Å². The summed E-state index contributed by atoms with van der Waals surface area (Å²) in [6.07, 6.45) is 3.84. The van der Waals surface area contributed by atoms with Crippen LogP contribution in [-0.2, 0) is 29.6 Å². The van der Waals surface area contributed by atoms with Crippen LogP contribution in [0.2, 0.25) is 5.02 Å². The average Bonchev–Trinajstić information content (AvgIpc) is 3.11. The Kier molecular flexibility index (Phi) is 6.66. The van der Waals surface area contributed by atoms with Crippen molar-refractivity contribution in [3.63, 3.8) is 0 Å². The Morgan fingerprint density at radius 2 is 2.00 bits per heavy atom. The summed E-state index contributed by atoms with van der Waals surface area (Å²) in [5, 5.41) is 4.48. The number of imidazole rings is 1. The van der Waals surface area contributed by atoms with Crippen LogP contribution >= 0.6 is 11.6 Å². The van der Waals surface area contributed by atoms with Crippen molar-refractivity contribution in [1.82, 2.24) is 19.9 Å². The molecule has 0 unspecified atom stereocenters. The molecule has 0 radical (unpaired) electrons. The van der Waals surface area contributed by atoms with E-state index >= 15 is 0 Å². The minimum absolute atomic E-state index is 0.183. The summed E-state index contributed by atoms with van der Waals surface area (Å²) in [4.78, 5) is 31.9. The van der Waals surface area contributed by atoms with Crippen LogP contribution < -0.4 is 22.5 Å². The average molecular weight is 430 g/mol. The number of nitrogens with zero attached hydrogens (tertiary/aromatic N) is 3. The smallest absolute Gasteiger partial charge is 0.235 e. The van der Waals surface area contributed by atoms with Crippen molar-refractivity contribution in [1.29, 1.82) is 0 Å². The van der Waals surface area contributed by atoms with Crippen molar-refractivity contribution in [2.24, 2.45) is 24.2 Å². The predicted molar refractivity (Wildman–Crippen MR) is 115 cm³/mol. The summed E-state index contributed by atoms with van der Waals surface area (Å²) in [5.41, 5.74) is 20.3. The van der Waals surface area contributed by atoms with Gasteiger partial charge in [0.05, 0.1) is 41.9 Å². The molecule has 0 bridgehead atoms. The van der Waals surface area contributed by atoms with Crippen LogP contribution in [0.25, 0.3) is 22.3 Å². The molecule has 3 aromatic rings. The van der Waals surface area contributed by atoms with Crippen molar-refractivity contribution in [3.8, 4) is 11.4 Å². The molecule has 2 aromatic heterocycles. The number of hydrogen-bond donors (Lipinski definition) is 4. The molecule has 2 heterocycles. The summed E-state index contributed by atoms with van der Waals surface area (Å²) < 4.78 is 1.86. The fourth-order valence-electron chi connectivity index (χ4n) is 3.30. The second-order valence-electron chi connectivity index (χ2n) is 7.06. The second kappa shape index (κ2) is 9.21. The molecule has 1 aromatic carbocycles. The van der Waals surface area contributed by atoms with Crippen LogP contribution in [0.4, 0.5) is 0 Å². The molecule has 9 nitrogen and oxygen atoms in total. The summed E-state index contributed by atoms with van der Waals surface area (Å²) in [7, 11) is 1.87. The Labute approximate surface area is 178 Å². The van der Waals surface area contributed by atoms with Crippen molar-refractivity contribution in [3.05, 3.63) is 46.9 Å². The molecule has 0 saturated heterocycles. The first-order valence-corrected chi connectivity index (χ1v) is 9.77. The quantitative estimate of drug-likeness (QED) is 0.390. The summed E-state index contributed by atoms with van der Waals surface area (Å²) in [5.74, 6) is -1.26. The third-order valence-corrected chi connectivity index (χ3v) is 5.19. The summed E-state index contributed by atoms with van der Waals surface area (Å²) >= 11 is 6.43. The van der Waals surface area contributed by atoms with E-state index in [-0.39, 0.29) is 13.0 Å². The minimum Gasteiger partial charge on any atom is -0.370 e. The van der Waals surface area contributed by atoms with Gasteiger partial charge in [0, 0.05) is 24.0 Å². The van der Waals surface area contributed by atoms with E-state index in [1.807, 2.05) is 23.7 Å². The van der Waals surface area contributed by atoms with E-state index in [2.05, 4.69) is 10.3 Å². The number of aromatic nitrogens is 3. The highest BCUT2D eigenvalue weighted by Crippen LogP contribution is 2.29. The molecule has 0 fully saturated rings. The molecule has 30 heavy (non-hydrogen) atoms. The van der Waals surface area contributed by atoms with Crippen LogP contribution in [0, 0.1) is 0 Å². The zero-order valence-electron chi connectivity index (χ0n) is 16.6. The first kappa shape index (κ1) is 21.7. The summed E-state index contributed by atoms with van der Waals surface area (Å²) in [6.45, 7) is 0.732. The zero-order valence-corrected chi connectivity index (χ0v) is 17.3. The number of nitrogens with one attached hydrogen (secondary N) is 1. The lowest BCUT2D eigenvalue weighted by molar-refractivity contribution is -0.125. The Morgan fingerprint density at radius 3 is 2.60 bits per heavy atom. The number of aryl methyl sites for hydroxylation is 1. The molecular formula is C20H24ClN7O2. The molecule has 0 aliphatic rings. The Morgan fingerprint density at radius 1 is 1.23 bits per heavy atom. The molecule has 2 amide bonds. The lowest BCUT2D eigenvalue weighted by Crippen LogP contribution is -2.43. The number of benzene rings is 1. The SMILES string of the molecule is Cn1cncc1-c1cc(CN[C@@H](CC(N)=O)C(N)=O)c2cc(CCN)c(Cl)cc2n1. The maximum Gasteiger partial charge on any atom is 0.235 e. The largest absolute Gasteiger partial charge is 0.370 e. The Bertz CT molecular complexity index is 1100. The fourth-order valence-corrected chi connectivity index (χ4v) is 3.55. The number of pyridine rings is 1. The number of halogens is 1. The van der Waals surface area contributed by atoms with Gasteiger partial charge < -0.3 is 27.1 Å². The van der Waals surface area contributed by atoms with Gasteiger partial charge in [-0.05, 0) is 42.3 Å². The fraction of sp³-hybridized carbons (Fsp3) is 0.300. The van der Waals surface area contributed by atoms with Gasteiger partial charge in [-0.3, -0.25) is 9.59 Å². The van der Waals surface area contributed by atoms with Crippen molar-refractivity contribution in [2.75, 3.05) is 6.54 Å². The van der Waals surface area contributed by atoms with Crippen molar-refractivity contribution < 1.29 is 9.59 Å². The molecule has 7 N–H and O–H groups in total. The minimum atomic E-state index is -0.873. The van der Waals surface area contributed by atoms with Crippen LogP contribution in [0.1, 0.15) is 17.5 Å². The van der Waals surface area contributed by atoms with Gasteiger partial charge in [-0.15, -0.1) is 0 Å². The predicted octanol–water partition coefficient (Wildman–Crippen LogP) is 0.609. The van der Waals surface area contributed by atoms with Gasteiger partial charge in [-0.25, -0.2) is 9.97 Å². The van der Waals surface area contributed by atoms with Gasteiger partial charge in [0.25, 0.3) is 0 Å². The number of rotatable bonds is 9. The van der Waals surface area contributed by atoms with E-state index < -0.39 is 17.9 Å². The molecule has 3 rings (SSSR count). The highest BCUT2D eigenvalue weighted by atomic mass is 35.5. The van der Waals surface area contributed by atoms with Gasteiger partial charge in [0.2, 0.25) is 11.8 Å². The van der Waals surface area contributed by atoms with Crippen LogP contribution in [0.5, 0.6) is 0 Å². The molecule has 0 spiro atoms. The van der Waals surface area contributed by atoms with Crippen LogP contribution in [0.3, 0.4) is 0 Å². The second-order valence-corrected chi connectivity index (χ2v) is 7.47. The number of nitrogens with two attached hydrogens (primary N) is 3. The molecule has 1 atom stereocenters. The van der Waals surface area contributed by atoms with E-state index in [1.54, 1.807) is 18.6 Å². The number of carbonyl (C=O) groups excluding carboxylic acids is 2. The third-order valence-electron chi connectivity index (χ3n) is 4.84. The van der Waals surface area contributed by atoms with Crippen LogP contribution in [-0.4, -0.2) is 38.9 Å². The summed E-state index contributed by atoms with van der Waals surface area (Å²) in [6, 6.07) is 4.80. The number of fused-ring (bicyclic) bond motifs is 1. The topological polar surface area (TPSA) is 155 Å². The van der Waals surface area contributed by atoms with Gasteiger partial charge >= 0.3 is 0 Å². The standard InChI is InChI=1S/C20H24ClN7O2/c1-28-10-25-9-18(28)16-5-12(8-26-17(20(24)30)7-19(23)29)13-4-11(2-3-22)14(21)6-15(13)27-16/h4-6,9-10,17,26H,2-3,7-8,22H2,1H3,(H2,23,29)(H2,24,30)/t17-/m0/s1. The van der Waals surface area contributed by atoms with Gasteiger partial charge in [0.1, 0.15) is 0 Å². The lowest BCUT2D eigenvalue weighted by Gasteiger charge is -2.17. The number of hydrogen-bond acceptors (Lipinski definition) is 6. The van der Waals surface area contributed by atoms with E-state index in [9.17, 15) is 9.59 Å². The maximum atomic E-state index is 11.7. The van der Waals surface area contributed by atoms with Gasteiger partial charge in [0.15, 0.2) is 0 Å². The van der Waals surface area contributed by atoms with Gasteiger partial charge in [-0.2, -0.15) is 0 Å². The first-order valence-electron chi connectivity index (χ1n) is 9.40.